The van der Waals surface area contributed by atoms with Gasteiger partial charge in [-0.3, -0.25) is 4.79 Å². The van der Waals surface area contributed by atoms with Crippen LogP contribution in [0.4, 0.5) is 5.13 Å². The number of hydrogen-bond donors (Lipinski definition) is 1. The number of aromatic nitrogens is 2. The minimum absolute atomic E-state index is 0.123. The number of carbonyl (C=O) groups excluding carboxylic acids is 2. The summed E-state index contributed by atoms with van der Waals surface area (Å²) < 4.78 is 5.16. The van der Waals surface area contributed by atoms with Crippen molar-refractivity contribution >= 4 is 39.7 Å². The summed E-state index contributed by atoms with van der Waals surface area (Å²) in [5.41, 5.74) is 2.99. The summed E-state index contributed by atoms with van der Waals surface area (Å²) in [6.07, 6.45) is 0.123. The van der Waals surface area contributed by atoms with Crippen molar-refractivity contribution in [2.45, 2.75) is 13.3 Å². The molecule has 156 valence electrons. The van der Waals surface area contributed by atoms with Crippen molar-refractivity contribution in [1.82, 2.24) is 9.97 Å². The van der Waals surface area contributed by atoms with Crippen molar-refractivity contribution in [3.8, 4) is 21.8 Å². The van der Waals surface area contributed by atoms with Gasteiger partial charge in [-0.25, -0.2) is 14.8 Å². The molecule has 4 aromatic rings. The zero-order valence-corrected chi connectivity index (χ0v) is 18.3. The summed E-state index contributed by atoms with van der Waals surface area (Å²) in [5, 5.41) is 5.89. The van der Waals surface area contributed by atoms with Gasteiger partial charge in [0.2, 0.25) is 5.91 Å². The number of carbonyl (C=O) groups is 2. The lowest BCUT2D eigenvalue weighted by molar-refractivity contribution is -0.115. The fourth-order valence-electron chi connectivity index (χ4n) is 2.93. The Hall–Kier alpha value is -3.36. The van der Waals surface area contributed by atoms with Crippen LogP contribution in [0.2, 0.25) is 0 Å². The van der Waals surface area contributed by atoms with Crippen molar-refractivity contribution in [2.75, 3.05) is 11.9 Å². The Kier molecular flexibility index (Phi) is 6.49. The molecule has 0 radical (unpaired) electrons. The van der Waals surface area contributed by atoms with Crippen LogP contribution in [0, 0.1) is 0 Å². The van der Waals surface area contributed by atoms with Crippen LogP contribution in [0.25, 0.3) is 21.8 Å². The van der Waals surface area contributed by atoms with E-state index in [4.69, 9.17) is 4.74 Å². The van der Waals surface area contributed by atoms with Crippen molar-refractivity contribution < 1.29 is 14.3 Å². The Bertz CT molecular complexity index is 1190. The second-order valence-electron chi connectivity index (χ2n) is 6.52. The van der Waals surface area contributed by atoms with Gasteiger partial charge in [0, 0.05) is 16.5 Å². The Morgan fingerprint density at radius 3 is 2.32 bits per heavy atom. The number of benzene rings is 2. The number of nitrogens with zero attached hydrogens (tertiary/aromatic N) is 2. The fraction of sp³-hybridized carbons (Fsp3) is 0.130. The molecule has 2 aromatic heterocycles. The van der Waals surface area contributed by atoms with Crippen LogP contribution >= 0.6 is 22.7 Å². The van der Waals surface area contributed by atoms with Gasteiger partial charge < -0.3 is 10.1 Å². The molecule has 8 heteroatoms. The quantitative estimate of drug-likeness (QED) is 0.388. The molecule has 0 bridgehead atoms. The highest BCUT2D eigenvalue weighted by molar-refractivity contribution is 7.18. The van der Waals surface area contributed by atoms with Crippen LogP contribution in [0.15, 0.2) is 66.0 Å². The molecule has 2 aromatic carbocycles. The second kappa shape index (κ2) is 9.63. The van der Waals surface area contributed by atoms with Gasteiger partial charge in [-0.05, 0) is 6.92 Å². The average molecular weight is 450 g/mol. The summed E-state index contributed by atoms with van der Waals surface area (Å²) in [5.74, 6) is -0.694. The van der Waals surface area contributed by atoms with Crippen LogP contribution in [0.3, 0.4) is 0 Å². The lowest BCUT2D eigenvalue weighted by Gasteiger charge is -2.01. The van der Waals surface area contributed by atoms with Crippen molar-refractivity contribution in [1.29, 1.82) is 0 Å². The molecule has 0 aliphatic heterocycles. The zero-order valence-electron chi connectivity index (χ0n) is 16.7. The third kappa shape index (κ3) is 5.04. The maximum absolute atomic E-state index is 12.6. The highest BCUT2D eigenvalue weighted by Crippen LogP contribution is 2.32. The monoisotopic (exact) mass is 449 g/mol. The maximum atomic E-state index is 12.6. The molecule has 1 N–H and O–H groups in total. The summed E-state index contributed by atoms with van der Waals surface area (Å²) in [6, 6.07) is 19.2. The lowest BCUT2D eigenvalue weighted by Crippen LogP contribution is -2.14. The molecule has 0 saturated heterocycles. The number of thiazole rings is 2. The van der Waals surface area contributed by atoms with E-state index in [9.17, 15) is 9.59 Å². The van der Waals surface area contributed by atoms with Crippen LogP contribution in [-0.4, -0.2) is 28.5 Å². The molecule has 4 rings (SSSR count). The highest BCUT2D eigenvalue weighted by atomic mass is 32.1. The first-order chi connectivity index (χ1) is 15.1. The van der Waals surface area contributed by atoms with E-state index in [0.717, 1.165) is 27.5 Å². The minimum atomic E-state index is -0.452. The molecule has 0 spiro atoms. The van der Waals surface area contributed by atoms with E-state index >= 15 is 0 Å². The van der Waals surface area contributed by atoms with E-state index in [0.29, 0.717) is 21.4 Å². The molecule has 0 saturated carbocycles. The molecule has 1 amide bonds. The number of nitrogens with one attached hydrogen (secondary N) is 1. The van der Waals surface area contributed by atoms with Crippen LogP contribution in [-0.2, 0) is 16.0 Å². The van der Waals surface area contributed by atoms with E-state index in [-0.39, 0.29) is 18.9 Å². The zero-order chi connectivity index (χ0) is 21.6. The summed E-state index contributed by atoms with van der Waals surface area (Å²) in [6.45, 7) is 2.02. The molecule has 0 aliphatic rings. The lowest BCUT2D eigenvalue weighted by atomic mass is 10.1. The van der Waals surface area contributed by atoms with Gasteiger partial charge in [0.15, 0.2) is 5.13 Å². The Morgan fingerprint density at radius 2 is 1.65 bits per heavy atom. The molecule has 0 fully saturated rings. The SMILES string of the molecule is CCOC(=O)c1sc(NC(=O)Cc2csc(-c3ccccc3)n2)nc1-c1ccccc1. The first kappa shape index (κ1) is 20.9. The Morgan fingerprint density at radius 1 is 0.968 bits per heavy atom. The minimum Gasteiger partial charge on any atom is -0.462 e. The second-order valence-corrected chi connectivity index (χ2v) is 8.38. The highest BCUT2D eigenvalue weighted by Gasteiger charge is 2.21. The summed E-state index contributed by atoms with van der Waals surface area (Å²) >= 11 is 2.61. The van der Waals surface area contributed by atoms with E-state index in [1.165, 1.54) is 11.3 Å². The third-order valence-electron chi connectivity index (χ3n) is 4.30. The molecule has 0 unspecified atom stereocenters. The molecular formula is C23H19N3O3S2. The van der Waals surface area contributed by atoms with Crippen molar-refractivity contribution in [3.63, 3.8) is 0 Å². The predicted molar refractivity (Wildman–Crippen MR) is 123 cm³/mol. The molecule has 6 nitrogen and oxygen atoms in total. The van der Waals surface area contributed by atoms with Gasteiger partial charge in [-0.1, -0.05) is 72.0 Å². The first-order valence-corrected chi connectivity index (χ1v) is 11.4. The maximum Gasteiger partial charge on any atom is 0.350 e. The number of amides is 1. The molecule has 0 atom stereocenters. The molecular weight excluding hydrogens is 430 g/mol. The number of esters is 1. The standard InChI is InChI=1S/C23H19N3O3S2/c1-2-29-22(28)20-19(15-9-5-3-6-10-15)26-23(31-20)25-18(27)13-17-14-30-21(24-17)16-11-7-4-8-12-16/h3-12,14H,2,13H2,1H3,(H,25,26,27). The molecule has 0 aliphatic carbocycles. The van der Waals surface area contributed by atoms with E-state index in [1.807, 2.05) is 66.0 Å². The van der Waals surface area contributed by atoms with Gasteiger partial charge in [-0.2, -0.15) is 0 Å². The average Bonchev–Trinajstić information content (AvgIpc) is 3.42. The van der Waals surface area contributed by atoms with E-state index in [2.05, 4.69) is 15.3 Å². The Labute approximate surface area is 187 Å². The largest absolute Gasteiger partial charge is 0.462 e. The van der Waals surface area contributed by atoms with Crippen molar-refractivity contribution in [2.24, 2.45) is 0 Å². The van der Waals surface area contributed by atoms with Gasteiger partial charge in [0.25, 0.3) is 0 Å². The topological polar surface area (TPSA) is 81.2 Å². The first-order valence-electron chi connectivity index (χ1n) is 9.67. The molecule has 31 heavy (non-hydrogen) atoms. The van der Waals surface area contributed by atoms with Gasteiger partial charge >= 0.3 is 5.97 Å². The van der Waals surface area contributed by atoms with Gasteiger partial charge in [0.05, 0.1) is 24.4 Å². The predicted octanol–water partition coefficient (Wildman–Crippen LogP) is 5.29. The fourth-order valence-corrected chi connectivity index (χ4v) is 4.65. The van der Waals surface area contributed by atoms with Crippen LogP contribution < -0.4 is 5.32 Å². The Balaban J connectivity index is 1.51. The van der Waals surface area contributed by atoms with Crippen LogP contribution in [0.1, 0.15) is 22.3 Å². The number of hydrogen-bond acceptors (Lipinski definition) is 7. The van der Waals surface area contributed by atoms with Gasteiger partial charge in [0.1, 0.15) is 9.88 Å². The van der Waals surface area contributed by atoms with Crippen molar-refractivity contribution in [3.05, 3.63) is 76.6 Å². The van der Waals surface area contributed by atoms with E-state index < -0.39 is 5.97 Å². The van der Waals surface area contributed by atoms with Crippen LogP contribution in [0.5, 0.6) is 0 Å². The number of anilines is 1. The smallest absolute Gasteiger partial charge is 0.350 e. The third-order valence-corrected chi connectivity index (χ3v) is 6.19. The summed E-state index contributed by atoms with van der Waals surface area (Å²) in [4.78, 5) is 34.4. The normalized spacial score (nSPS) is 10.6. The molecule has 2 heterocycles. The summed E-state index contributed by atoms with van der Waals surface area (Å²) in [7, 11) is 0. The number of ether oxygens (including phenoxy) is 1. The van der Waals surface area contributed by atoms with Gasteiger partial charge in [-0.15, -0.1) is 11.3 Å². The van der Waals surface area contributed by atoms with E-state index in [1.54, 1.807) is 6.92 Å². The number of rotatable bonds is 7.